The normalized spacial score (nSPS) is 24.9. The summed E-state index contributed by atoms with van der Waals surface area (Å²) in [5, 5.41) is 13.7. The van der Waals surface area contributed by atoms with Crippen LogP contribution in [0.2, 0.25) is 0 Å². The second-order valence-electron chi connectivity index (χ2n) is 4.96. The number of benzene rings is 2. The van der Waals surface area contributed by atoms with Gasteiger partial charge in [0.1, 0.15) is 0 Å². The Morgan fingerprint density at radius 3 is 2.44 bits per heavy atom. The number of carbonyl (C=O) groups is 1. The van der Waals surface area contributed by atoms with Crippen LogP contribution in [0, 0.1) is 0 Å². The van der Waals surface area contributed by atoms with Gasteiger partial charge in [-0.1, -0.05) is 43.3 Å². The second kappa shape index (κ2) is 4.37. The number of hydrogen-bond acceptors (Lipinski definition) is 2. The third-order valence-electron chi connectivity index (χ3n) is 4.25. The van der Waals surface area contributed by atoms with E-state index in [0.717, 1.165) is 21.9 Å². The Balaban J connectivity index is 0.00000120. The molecule has 2 nitrogen and oxygen atoms in total. The molecule has 18 heavy (non-hydrogen) atoms. The van der Waals surface area contributed by atoms with E-state index in [0.29, 0.717) is 0 Å². The molecule has 3 heteroatoms. The summed E-state index contributed by atoms with van der Waals surface area (Å²) in [5.74, 6) is -1.04. The summed E-state index contributed by atoms with van der Waals surface area (Å²) in [7, 11) is 0. The van der Waals surface area contributed by atoms with Gasteiger partial charge in [-0.25, -0.2) is 0 Å². The zero-order valence-corrected chi connectivity index (χ0v) is 12.9. The van der Waals surface area contributed by atoms with E-state index in [1.807, 2.05) is 43.3 Å². The van der Waals surface area contributed by atoms with E-state index in [-0.39, 0.29) is 35.5 Å². The fourth-order valence-corrected chi connectivity index (χ4v) is 2.99. The molecule has 0 N–H and O–H groups in total. The van der Waals surface area contributed by atoms with Gasteiger partial charge in [0.25, 0.3) is 0 Å². The van der Waals surface area contributed by atoms with Crippen molar-refractivity contribution < 1.29 is 39.5 Å². The number of carboxylic acid groups (broad SMARTS) is 1. The molecule has 0 spiro atoms. The molecule has 1 aliphatic carbocycles. The molecule has 3 rings (SSSR count). The summed E-state index contributed by atoms with van der Waals surface area (Å²) < 4.78 is 0. The molecule has 2 aromatic rings. The van der Waals surface area contributed by atoms with E-state index >= 15 is 0 Å². The standard InChI is InChI=1S/C15H14O2.Na/c1-9-11-7-3-5-10-6-4-8-12(13(10)11)15(9,2)14(16)17;/h3-9H,1-2H3,(H,16,17);/q;+1/p-1/t9-,15+;/m0./s1. The van der Waals surface area contributed by atoms with E-state index in [1.165, 1.54) is 0 Å². The Hall–Kier alpha value is -0.830. The fourth-order valence-electron chi connectivity index (χ4n) is 2.99. The quantitative estimate of drug-likeness (QED) is 0.605. The Morgan fingerprint density at radius 2 is 1.83 bits per heavy atom. The Morgan fingerprint density at radius 1 is 1.22 bits per heavy atom. The topological polar surface area (TPSA) is 40.1 Å². The molecule has 0 aliphatic heterocycles. The van der Waals surface area contributed by atoms with Gasteiger partial charge in [0.15, 0.2) is 0 Å². The van der Waals surface area contributed by atoms with Gasteiger partial charge in [0.05, 0.1) is 5.97 Å². The minimum Gasteiger partial charge on any atom is -0.549 e. The van der Waals surface area contributed by atoms with Crippen molar-refractivity contribution in [2.24, 2.45) is 0 Å². The summed E-state index contributed by atoms with van der Waals surface area (Å²) >= 11 is 0. The first-order chi connectivity index (χ1) is 8.06. The third-order valence-corrected chi connectivity index (χ3v) is 4.25. The van der Waals surface area contributed by atoms with Gasteiger partial charge in [-0.3, -0.25) is 0 Å². The molecule has 0 bridgehead atoms. The van der Waals surface area contributed by atoms with Crippen molar-refractivity contribution in [1.29, 1.82) is 0 Å². The van der Waals surface area contributed by atoms with Gasteiger partial charge in [0.2, 0.25) is 0 Å². The Kier molecular flexibility index (Phi) is 3.30. The van der Waals surface area contributed by atoms with Gasteiger partial charge in [-0.15, -0.1) is 0 Å². The van der Waals surface area contributed by atoms with Crippen molar-refractivity contribution in [3.63, 3.8) is 0 Å². The molecule has 0 fully saturated rings. The maximum absolute atomic E-state index is 11.5. The van der Waals surface area contributed by atoms with Crippen molar-refractivity contribution >= 4 is 16.7 Å². The Bertz CT molecular complexity index is 630. The molecule has 0 saturated heterocycles. The summed E-state index contributed by atoms with van der Waals surface area (Å²) in [6, 6.07) is 11.9. The van der Waals surface area contributed by atoms with Crippen molar-refractivity contribution in [3.8, 4) is 0 Å². The summed E-state index contributed by atoms with van der Waals surface area (Å²) in [6.45, 7) is 3.73. The average Bonchev–Trinajstić information content (AvgIpc) is 2.56. The van der Waals surface area contributed by atoms with Gasteiger partial charge in [0, 0.05) is 5.41 Å². The van der Waals surface area contributed by atoms with Crippen LogP contribution in [0.15, 0.2) is 36.4 Å². The number of aliphatic carboxylic acids is 1. The van der Waals surface area contributed by atoms with Crippen molar-refractivity contribution in [2.45, 2.75) is 25.2 Å². The summed E-state index contributed by atoms with van der Waals surface area (Å²) in [6.07, 6.45) is 0. The van der Waals surface area contributed by atoms with Gasteiger partial charge >= 0.3 is 29.6 Å². The smallest absolute Gasteiger partial charge is 0.549 e. The van der Waals surface area contributed by atoms with E-state index in [1.54, 1.807) is 6.92 Å². The van der Waals surface area contributed by atoms with Crippen LogP contribution in [0.5, 0.6) is 0 Å². The van der Waals surface area contributed by atoms with E-state index < -0.39 is 11.4 Å². The van der Waals surface area contributed by atoms with Crippen molar-refractivity contribution in [2.75, 3.05) is 0 Å². The largest absolute Gasteiger partial charge is 1.00 e. The molecule has 0 saturated carbocycles. The first-order valence-electron chi connectivity index (χ1n) is 5.80. The number of rotatable bonds is 1. The van der Waals surface area contributed by atoms with E-state index in [9.17, 15) is 9.90 Å². The van der Waals surface area contributed by atoms with E-state index in [4.69, 9.17) is 0 Å². The van der Waals surface area contributed by atoms with Gasteiger partial charge < -0.3 is 9.90 Å². The zero-order valence-electron chi connectivity index (χ0n) is 10.9. The summed E-state index contributed by atoms with van der Waals surface area (Å²) in [5.41, 5.74) is 1.09. The SMILES string of the molecule is C[C@H]1c2cccc3cccc(c23)[C@]1(C)C(=O)[O-].[Na+]. The minimum absolute atomic E-state index is 0. The summed E-state index contributed by atoms with van der Waals surface area (Å²) in [4.78, 5) is 11.5. The van der Waals surface area contributed by atoms with Crippen LogP contribution in [0.1, 0.15) is 30.9 Å². The third kappa shape index (κ3) is 1.49. The molecule has 0 heterocycles. The second-order valence-corrected chi connectivity index (χ2v) is 4.96. The van der Waals surface area contributed by atoms with Gasteiger partial charge in [-0.05, 0) is 34.7 Å². The molecule has 0 unspecified atom stereocenters. The monoisotopic (exact) mass is 248 g/mol. The van der Waals surface area contributed by atoms with Crippen LogP contribution in [-0.2, 0) is 10.2 Å². The van der Waals surface area contributed by atoms with Crippen LogP contribution in [-0.4, -0.2) is 5.97 Å². The predicted octanol–water partition coefficient (Wildman–Crippen LogP) is -1.03. The first-order valence-corrected chi connectivity index (χ1v) is 5.80. The van der Waals surface area contributed by atoms with Crippen molar-refractivity contribution in [1.82, 2.24) is 0 Å². The zero-order chi connectivity index (χ0) is 12.2. The molecule has 0 radical (unpaired) electrons. The van der Waals surface area contributed by atoms with Crippen LogP contribution < -0.4 is 34.7 Å². The molecular weight excluding hydrogens is 235 g/mol. The number of hydrogen-bond donors (Lipinski definition) is 0. The Labute approximate surface area is 128 Å². The van der Waals surface area contributed by atoms with Crippen LogP contribution in [0.4, 0.5) is 0 Å². The molecule has 2 aromatic carbocycles. The molecule has 86 valence electrons. The minimum atomic E-state index is -0.992. The van der Waals surface area contributed by atoms with Crippen LogP contribution in [0.3, 0.4) is 0 Å². The predicted molar refractivity (Wildman–Crippen MR) is 64.7 cm³/mol. The average molecular weight is 248 g/mol. The number of carboxylic acids is 1. The van der Waals surface area contributed by atoms with E-state index in [2.05, 4.69) is 0 Å². The molecule has 1 aliphatic rings. The number of carbonyl (C=O) groups excluding carboxylic acids is 1. The van der Waals surface area contributed by atoms with Crippen LogP contribution in [0.25, 0.3) is 10.8 Å². The van der Waals surface area contributed by atoms with Gasteiger partial charge in [-0.2, -0.15) is 0 Å². The molecule has 0 aromatic heterocycles. The molecule has 0 amide bonds. The fraction of sp³-hybridized carbons (Fsp3) is 0.267. The van der Waals surface area contributed by atoms with Crippen molar-refractivity contribution in [3.05, 3.63) is 47.5 Å². The first kappa shape index (κ1) is 13.6. The maximum Gasteiger partial charge on any atom is 1.00 e. The van der Waals surface area contributed by atoms with Crippen LogP contribution >= 0.6 is 0 Å². The molecule has 2 atom stereocenters. The molecular formula is C15H13NaO2. The maximum atomic E-state index is 11.5.